The maximum Gasteiger partial charge on any atom is 0.126 e. The van der Waals surface area contributed by atoms with Crippen molar-refractivity contribution in [1.29, 1.82) is 0 Å². The lowest BCUT2D eigenvalue weighted by molar-refractivity contribution is 0.326. The monoisotopic (exact) mass is 208 g/mol. The zero-order valence-corrected chi connectivity index (χ0v) is 9.04. The first kappa shape index (κ1) is 10.6. The highest BCUT2D eigenvalue weighted by atomic mass is 19.1. The molecule has 0 spiro atoms. The molecule has 1 aromatic carbocycles. The highest BCUT2D eigenvalue weighted by Crippen LogP contribution is 2.14. The fraction of sp³-hybridized carbons (Fsp3) is 0.500. The number of likely N-dealkylation sites (tertiary alicyclic amines) is 1. The zero-order chi connectivity index (χ0) is 10.8. The SMILES string of the molecule is Cc1ccc(CN2CC[C@@H](N)C2)cc1F. The molecular weight excluding hydrogens is 191 g/mol. The number of aryl methyl sites for hydroxylation is 1. The van der Waals surface area contributed by atoms with Crippen molar-refractivity contribution < 1.29 is 4.39 Å². The van der Waals surface area contributed by atoms with Gasteiger partial charge in [0.2, 0.25) is 0 Å². The van der Waals surface area contributed by atoms with E-state index in [1.165, 1.54) is 0 Å². The number of rotatable bonds is 2. The molecule has 82 valence electrons. The van der Waals surface area contributed by atoms with Crippen LogP contribution in [-0.2, 0) is 6.54 Å². The number of nitrogens with zero attached hydrogens (tertiary/aromatic N) is 1. The van der Waals surface area contributed by atoms with Gasteiger partial charge in [-0.15, -0.1) is 0 Å². The van der Waals surface area contributed by atoms with E-state index in [1.54, 1.807) is 13.0 Å². The summed E-state index contributed by atoms with van der Waals surface area (Å²) in [5.74, 6) is -0.115. The van der Waals surface area contributed by atoms with Crippen LogP contribution in [0.2, 0.25) is 0 Å². The first-order valence-corrected chi connectivity index (χ1v) is 5.38. The largest absolute Gasteiger partial charge is 0.326 e. The Kier molecular flexibility index (Phi) is 3.03. The second kappa shape index (κ2) is 4.29. The summed E-state index contributed by atoms with van der Waals surface area (Å²) in [4.78, 5) is 2.27. The van der Waals surface area contributed by atoms with Gasteiger partial charge >= 0.3 is 0 Å². The summed E-state index contributed by atoms with van der Waals surface area (Å²) in [6.45, 7) is 4.54. The number of hydrogen-bond donors (Lipinski definition) is 1. The Labute approximate surface area is 89.9 Å². The lowest BCUT2D eigenvalue weighted by atomic mass is 10.1. The van der Waals surface area contributed by atoms with E-state index in [9.17, 15) is 4.39 Å². The number of benzene rings is 1. The molecule has 1 atom stereocenters. The first-order chi connectivity index (χ1) is 7.15. The Hall–Kier alpha value is -0.930. The third-order valence-corrected chi connectivity index (χ3v) is 2.95. The minimum atomic E-state index is -0.115. The van der Waals surface area contributed by atoms with E-state index in [0.717, 1.165) is 31.6 Å². The normalized spacial score (nSPS) is 22.2. The van der Waals surface area contributed by atoms with Gasteiger partial charge in [0.1, 0.15) is 5.82 Å². The van der Waals surface area contributed by atoms with Crippen molar-refractivity contribution in [3.8, 4) is 0 Å². The molecule has 0 radical (unpaired) electrons. The van der Waals surface area contributed by atoms with Crippen LogP contribution >= 0.6 is 0 Å². The first-order valence-electron chi connectivity index (χ1n) is 5.38. The summed E-state index contributed by atoms with van der Waals surface area (Å²) >= 11 is 0. The van der Waals surface area contributed by atoms with Crippen molar-refractivity contribution in [2.45, 2.75) is 25.9 Å². The predicted molar refractivity (Wildman–Crippen MR) is 59.0 cm³/mol. The summed E-state index contributed by atoms with van der Waals surface area (Å²) in [6, 6.07) is 5.74. The number of halogens is 1. The molecule has 1 aromatic rings. The van der Waals surface area contributed by atoms with Gasteiger partial charge in [0, 0.05) is 25.7 Å². The Bertz CT molecular complexity index is 351. The van der Waals surface area contributed by atoms with Crippen molar-refractivity contribution in [1.82, 2.24) is 4.90 Å². The highest BCUT2D eigenvalue weighted by Gasteiger charge is 2.18. The van der Waals surface area contributed by atoms with E-state index in [0.29, 0.717) is 11.6 Å². The van der Waals surface area contributed by atoms with Gasteiger partial charge in [0.25, 0.3) is 0 Å². The van der Waals surface area contributed by atoms with E-state index in [-0.39, 0.29) is 5.82 Å². The van der Waals surface area contributed by atoms with E-state index < -0.39 is 0 Å². The van der Waals surface area contributed by atoms with Crippen LogP contribution in [-0.4, -0.2) is 24.0 Å². The van der Waals surface area contributed by atoms with Crippen molar-refractivity contribution in [2.24, 2.45) is 5.73 Å². The van der Waals surface area contributed by atoms with Crippen LogP contribution in [0.4, 0.5) is 4.39 Å². The average Bonchev–Trinajstić information content (AvgIpc) is 2.58. The molecule has 0 saturated carbocycles. The lowest BCUT2D eigenvalue weighted by Gasteiger charge is -2.15. The maximum absolute atomic E-state index is 13.3. The minimum Gasteiger partial charge on any atom is -0.326 e. The van der Waals surface area contributed by atoms with Crippen molar-refractivity contribution >= 4 is 0 Å². The molecule has 1 aliphatic rings. The van der Waals surface area contributed by atoms with Gasteiger partial charge in [0.05, 0.1) is 0 Å². The molecule has 1 heterocycles. The van der Waals surface area contributed by atoms with Crippen molar-refractivity contribution in [2.75, 3.05) is 13.1 Å². The quantitative estimate of drug-likeness (QED) is 0.801. The van der Waals surface area contributed by atoms with Crippen LogP contribution in [0.25, 0.3) is 0 Å². The van der Waals surface area contributed by atoms with E-state index in [4.69, 9.17) is 5.73 Å². The Morgan fingerprint density at radius 3 is 2.93 bits per heavy atom. The Balaban J connectivity index is 2.02. The molecular formula is C12H17FN2. The molecule has 1 aliphatic heterocycles. The van der Waals surface area contributed by atoms with Crippen LogP contribution in [0, 0.1) is 12.7 Å². The standard InChI is InChI=1S/C12H17FN2/c1-9-2-3-10(6-12(9)13)7-15-5-4-11(14)8-15/h2-3,6,11H,4-5,7-8,14H2,1H3/t11-/m1/s1. The van der Waals surface area contributed by atoms with Gasteiger partial charge in [0.15, 0.2) is 0 Å². The summed E-state index contributed by atoms with van der Waals surface area (Å²) < 4.78 is 13.3. The van der Waals surface area contributed by atoms with Crippen molar-refractivity contribution in [3.63, 3.8) is 0 Å². The van der Waals surface area contributed by atoms with Crippen molar-refractivity contribution in [3.05, 3.63) is 35.1 Å². The fourth-order valence-electron chi connectivity index (χ4n) is 2.00. The molecule has 0 unspecified atom stereocenters. The highest BCUT2D eigenvalue weighted by molar-refractivity contribution is 5.23. The molecule has 0 bridgehead atoms. The fourth-order valence-corrected chi connectivity index (χ4v) is 2.00. The molecule has 0 aromatic heterocycles. The second-order valence-corrected chi connectivity index (χ2v) is 4.37. The van der Waals surface area contributed by atoms with E-state index >= 15 is 0 Å². The molecule has 2 rings (SSSR count). The predicted octanol–water partition coefficient (Wildman–Crippen LogP) is 1.67. The molecule has 1 fully saturated rings. The van der Waals surface area contributed by atoms with Crippen LogP contribution in [0.3, 0.4) is 0 Å². The molecule has 2 N–H and O–H groups in total. The smallest absolute Gasteiger partial charge is 0.126 e. The van der Waals surface area contributed by atoms with Crippen LogP contribution in [0.1, 0.15) is 17.5 Å². The zero-order valence-electron chi connectivity index (χ0n) is 9.04. The van der Waals surface area contributed by atoms with Crippen LogP contribution in [0.5, 0.6) is 0 Å². The van der Waals surface area contributed by atoms with E-state index in [1.807, 2.05) is 12.1 Å². The second-order valence-electron chi connectivity index (χ2n) is 4.37. The summed E-state index contributed by atoms with van der Waals surface area (Å²) in [5, 5.41) is 0. The minimum absolute atomic E-state index is 0.115. The average molecular weight is 208 g/mol. The van der Waals surface area contributed by atoms with Gasteiger partial charge < -0.3 is 5.73 Å². The third kappa shape index (κ3) is 2.55. The van der Waals surface area contributed by atoms with Gasteiger partial charge in [-0.3, -0.25) is 4.90 Å². The van der Waals surface area contributed by atoms with Gasteiger partial charge in [-0.05, 0) is 30.5 Å². The third-order valence-electron chi connectivity index (χ3n) is 2.95. The van der Waals surface area contributed by atoms with Crippen LogP contribution < -0.4 is 5.73 Å². The Morgan fingerprint density at radius 2 is 2.33 bits per heavy atom. The van der Waals surface area contributed by atoms with Gasteiger partial charge in [-0.1, -0.05) is 12.1 Å². The summed E-state index contributed by atoms with van der Waals surface area (Å²) in [5.41, 5.74) is 7.56. The molecule has 0 aliphatic carbocycles. The molecule has 1 saturated heterocycles. The molecule has 0 amide bonds. The Morgan fingerprint density at radius 1 is 1.53 bits per heavy atom. The van der Waals surface area contributed by atoms with Gasteiger partial charge in [-0.25, -0.2) is 4.39 Å². The topological polar surface area (TPSA) is 29.3 Å². The number of nitrogens with two attached hydrogens (primary N) is 1. The van der Waals surface area contributed by atoms with Gasteiger partial charge in [-0.2, -0.15) is 0 Å². The summed E-state index contributed by atoms with van der Waals surface area (Å²) in [6.07, 6.45) is 1.05. The molecule has 3 heteroatoms. The number of hydrogen-bond acceptors (Lipinski definition) is 2. The summed E-state index contributed by atoms with van der Waals surface area (Å²) in [7, 11) is 0. The maximum atomic E-state index is 13.3. The van der Waals surface area contributed by atoms with E-state index in [2.05, 4.69) is 4.90 Å². The molecule has 2 nitrogen and oxygen atoms in total. The lowest BCUT2D eigenvalue weighted by Crippen LogP contribution is -2.26. The van der Waals surface area contributed by atoms with Crippen LogP contribution in [0.15, 0.2) is 18.2 Å². The molecule has 15 heavy (non-hydrogen) atoms.